The first-order valence-corrected chi connectivity index (χ1v) is 13.4. The molecule has 1 saturated heterocycles. The third-order valence-corrected chi connectivity index (χ3v) is 6.03. The molecule has 232 valence electrons. The molecule has 0 saturated carbocycles. The fraction of sp³-hybridized carbons (Fsp3) is 0.704. The molecule has 1 aromatic rings. The topological polar surface area (TPSA) is 132 Å². The van der Waals surface area contributed by atoms with Crippen LogP contribution in [0.5, 0.6) is 11.5 Å². The van der Waals surface area contributed by atoms with Crippen LogP contribution in [0.25, 0.3) is 0 Å². The van der Waals surface area contributed by atoms with Crippen LogP contribution in [0.4, 0.5) is 13.2 Å². The highest BCUT2D eigenvalue weighted by Gasteiger charge is 2.36. The molecule has 0 bridgehead atoms. The Morgan fingerprint density at radius 2 is 1.95 bits per heavy atom. The van der Waals surface area contributed by atoms with E-state index in [-0.39, 0.29) is 42.6 Å². The predicted octanol–water partition coefficient (Wildman–Crippen LogP) is 3.97. The number of carbonyl (C=O) groups excluding carboxylic acids is 3. The van der Waals surface area contributed by atoms with Crippen LogP contribution in [-0.4, -0.2) is 80.5 Å². The van der Waals surface area contributed by atoms with Gasteiger partial charge in [0.25, 0.3) is 5.91 Å². The Hall–Kier alpha value is -3.13. The molecule has 0 radical (unpaired) electrons. The van der Waals surface area contributed by atoms with Crippen molar-refractivity contribution in [3.63, 3.8) is 0 Å². The molecule has 14 heteroatoms. The maximum absolute atomic E-state index is 13.2. The van der Waals surface area contributed by atoms with Gasteiger partial charge in [-0.2, -0.15) is 13.2 Å². The lowest BCUT2D eigenvalue weighted by molar-refractivity contribution is -0.171. The summed E-state index contributed by atoms with van der Waals surface area (Å²) in [5.41, 5.74) is -0.207. The van der Waals surface area contributed by atoms with E-state index in [1.54, 1.807) is 6.92 Å². The summed E-state index contributed by atoms with van der Waals surface area (Å²) in [6.07, 6.45) is -5.43. The molecule has 1 N–H and O–H groups in total. The lowest BCUT2D eigenvalue weighted by Gasteiger charge is -2.31. The molecule has 1 aromatic heterocycles. The fourth-order valence-electron chi connectivity index (χ4n) is 4.09. The van der Waals surface area contributed by atoms with Crippen LogP contribution in [0.3, 0.4) is 0 Å². The molecule has 2 heterocycles. The number of nitrogens with one attached hydrogen (secondary N) is 1. The monoisotopic (exact) mass is 592 g/mol. The number of rotatable bonds is 13. The highest BCUT2D eigenvalue weighted by atomic mass is 19.4. The van der Waals surface area contributed by atoms with Gasteiger partial charge in [0.2, 0.25) is 6.79 Å². The van der Waals surface area contributed by atoms with Crippen molar-refractivity contribution in [1.29, 1.82) is 0 Å². The maximum Gasteiger partial charge on any atom is 0.389 e. The molecule has 1 amide bonds. The van der Waals surface area contributed by atoms with Crippen molar-refractivity contribution in [2.75, 3.05) is 27.1 Å². The van der Waals surface area contributed by atoms with E-state index < -0.39 is 61.6 Å². The van der Waals surface area contributed by atoms with Crippen LogP contribution < -0.4 is 14.8 Å². The molecule has 1 fully saturated rings. The van der Waals surface area contributed by atoms with Crippen molar-refractivity contribution < 1.29 is 56.0 Å². The van der Waals surface area contributed by atoms with Crippen LogP contribution in [-0.2, 0) is 28.5 Å². The quantitative estimate of drug-likeness (QED) is 0.204. The van der Waals surface area contributed by atoms with Crippen molar-refractivity contribution in [2.45, 2.75) is 90.3 Å². The zero-order valence-electron chi connectivity index (χ0n) is 24.0. The minimum Gasteiger partial charge on any atom is -0.493 e. The molecule has 0 aliphatic carbocycles. The number of alkyl halides is 3. The van der Waals surface area contributed by atoms with Gasteiger partial charge in [-0.3, -0.25) is 9.59 Å². The van der Waals surface area contributed by atoms with Gasteiger partial charge < -0.3 is 33.7 Å². The van der Waals surface area contributed by atoms with Crippen LogP contribution in [0, 0.1) is 5.92 Å². The second-order valence-electron chi connectivity index (χ2n) is 10.0. The Kier molecular flexibility index (Phi) is 13.6. The summed E-state index contributed by atoms with van der Waals surface area (Å²) < 4.78 is 70.7. The Bertz CT molecular complexity index is 1010. The van der Waals surface area contributed by atoms with E-state index in [1.165, 1.54) is 26.3 Å². The first-order valence-electron chi connectivity index (χ1n) is 13.4. The summed E-state index contributed by atoms with van der Waals surface area (Å²) in [4.78, 5) is 41.5. The summed E-state index contributed by atoms with van der Waals surface area (Å²) >= 11 is 0. The van der Waals surface area contributed by atoms with Gasteiger partial charge in [0.1, 0.15) is 18.2 Å². The van der Waals surface area contributed by atoms with E-state index in [4.69, 9.17) is 28.4 Å². The third kappa shape index (κ3) is 11.7. The number of pyridine rings is 1. The molecule has 1 aliphatic heterocycles. The summed E-state index contributed by atoms with van der Waals surface area (Å²) in [6, 6.07) is 0.371. The van der Waals surface area contributed by atoms with E-state index in [1.807, 2.05) is 13.8 Å². The predicted molar refractivity (Wildman–Crippen MR) is 138 cm³/mol. The number of hydrogen-bond acceptors (Lipinski definition) is 10. The summed E-state index contributed by atoms with van der Waals surface area (Å²) in [5, 5.41) is 2.61. The minimum absolute atomic E-state index is 0.0898. The number of hydrogen-bond donors (Lipinski definition) is 1. The standard InChI is InChI=1S/C27H39F3N2O9/c1-16(2)14-38-21-9-6-8-19(26(35)41-17(3)23(21)37-13-7-11-27(28,29)30)32-25(34)22-24(40-15-39-18(4)33)20(36-5)10-12-31-22/h10,12,16-17,19,21,23H,6-9,11,13-15H2,1-5H3,(H,32,34). The van der Waals surface area contributed by atoms with Crippen molar-refractivity contribution in [2.24, 2.45) is 5.92 Å². The third-order valence-electron chi connectivity index (χ3n) is 6.03. The molecule has 4 unspecified atom stereocenters. The lowest BCUT2D eigenvalue weighted by Crippen LogP contribution is -2.46. The van der Waals surface area contributed by atoms with Crippen LogP contribution in [0.1, 0.15) is 70.3 Å². The first kappa shape index (κ1) is 34.1. The Morgan fingerprint density at radius 3 is 2.59 bits per heavy atom. The summed E-state index contributed by atoms with van der Waals surface area (Å²) in [5.74, 6) is -1.86. The van der Waals surface area contributed by atoms with Crippen LogP contribution in [0.2, 0.25) is 0 Å². The molecule has 0 spiro atoms. The number of carbonyl (C=O) groups is 3. The normalized spacial score (nSPS) is 21.7. The second kappa shape index (κ2) is 16.3. The minimum atomic E-state index is -4.30. The Balaban J connectivity index is 2.18. The Labute approximate surface area is 237 Å². The molecule has 0 aromatic carbocycles. The van der Waals surface area contributed by atoms with Gasteiger partial charge in [-0.25, -0.2) is 9.78 Å². The van der Waals surface area contributed by atoms with Gasteiger partial charge in [0.05, 0.1) is 13.2 Å². The largest absolute Gasteiger partial charge is 0.493 e. The summed E-state index contributed by atoms with van der Waals surface area (Å²) in [6.45, 7) is 6.38. The number of ether oxygens (including phenoxy) is 6. The van der Waals surface area contributed by atoms with Gasteiger partial charge in [0, 0.05) is 38.8 Å². The smallest absolute Gasteiger partial charge is 0.389 e. The molecular formula is C27H39F3N2O9. The van der Waals surface area contributed by atoms with Crippen molar-refractivity contribution in [3.05, 3.63) is 18.0 Å². The van der Waals surface area contributed by atoms with E-state index in [0.29, 0.717) is 19.4 Å². The Morgan fingerprint density at radius 1 is 1.22 bits per heavy atom. The average Bonchev–Trinajstić information content (AvgIpc) is 2.93. The van der Waals surface area contributed by atoms with Crippen LogP contribution in [0.15, 0.2) is 12.3 Å². The number of halogens is 3. The molecule has 2 rings (SSSR count). The van der Waals surface area contributed by atoms with Crippen molar-refractivity contribution in [3.8, 4) is 11.5 Å². The first-order chi connectivity index (χ1) is 19.3. The van der Waals surface area contributed by atoms with Gasteiger partial charge >= 0.3 is 18.1 Å². The van der Waals surface area contributed by atoms with E-state index in [9.17, 15) is 27.6 Å². The van der Waals surface area contributed by atoms with Crippen LogP contribution >= 0.6 is 0 Å². The number of aromatic nitrogens is 1. The van der Waals surface area contributed by atoms with Crippen molar-refractivity contribution >= 4 is 17.8 Å². The molecule has 11 nitrogen and oxygen atoms in total. The van der Waals surface area contributed by atoms with Gasteiger partial charge in [-0.15, -0.1) is 0 Å². The van der Waals surface area contributed by atoms with Gasteiger partial charge in [-0.05, 0) is 38.5 Å². The van der Waals surface area contributed by atoms with Crippen molar-refractivity contribution in [1.82, 2.24) is 10.3 Å². The number of nitrogens with zero attached hydrogens (tertiary/aromatic N) is 1. The highest BCUT2D eigenvalue weighted by Crippen LogP contribution is 2.30. The number of amides is 1. The molecular weight excluding hydrogens is 553 g/mol. The zero-order valence-corrected chi connectivity index (χ0v) is 24.0. The van der Waals surface area contributed by atoms with Gasteiger partial charge in [0.15, 0.2) is 17.2 Å². The maximum atomic E-state index is 13.2. The van der Waals surface area contributed by atoms with E-state index in [2.05, 4.69) is 10.3 Å². The molecule has 1 aliphatic rings. The molecule has 41 heavy (non-hydrogen) atoms. The summed E-state index contributed by atoms with van der Waals surface area (Å²) in [7, 11) is 1.35. The number of esters is 2. The van der Waals surface area contributed by atoms with E-state index in [0.717, 1.165) is 0 Å². The van der Waals surface area contributed by atoms with E-state index >= 15 is 0 Å². The fourth-order valence-corrected chi connectivity index (χ4v) is 4.09. The average molecular weight is 593 g/mol. The number of cyclic esters (lactones) is 1. The lowest BCUT2D eigenvalue weighted by atomic mass is 10.0. The van der Waals surface area contributed by atoms with Gasteiger partial charge in [-0.1, -0.05) is 13.8 Å². The number of methoxy groups -OCH3 is 1. The zero-order chi connectivity index (χ0) is 30.6. The SMILES string of the molecule is COc1ccnc(C(=O)NC2CCCC(OCC(C)C)C(OCCCC(F)(F)F)C(C)OC2=O)c1OCOC(C)=O. The second-order valence-corrected chi connectivity index (χ2v) is 10.0. The highest BCUT2D eigenvalue weighted by molar-refractivity contribution is 5.98. The molecule has 4 atom stereocenters.